The first-order chi connectivity index (χ1) is 4.83. The number of hydrogen-bond acceptors (Lipinski definition) is 3. The van der Waals surface area contributed by atoms with Gasteiger partial charge in [-0.25, -0.2) is 0 Å². The van der Waals surface area contributed by atoms with Crippen molar-refractivity contribution in [3.63, 3.8) is 0 Å². The molecular weight excluding hydrogens is 132 g/mol. The first kappa shape index (κ1) is 7.12. The lowest BCUT2D eigenvalue weighted by atomic mass is 10.2. The molecule has 0 saturated heterocycles. The largest absolute Gasteiger partial charge is 0.469 e. The Morgan fingerprint density at radius 2 is 2.50 bits per heavy atom. The normalized spacial score (nSPS) is 18.9. The van der Waals surface area contributed by atoms with E-state index in [4.69, 9.17) is 9.47 Å². The van der Waals surface area contributed by atoms with E-state index in [2.05, 4.69) is 0 Å². The van der Waals surface area contributed by atoms with Gasteiger partial charge in [-0.1, -0.05) is 0 Å². The molecule has 0 saturated carbocycles. The summed E-state index contributed by atoms with van der Waals surface area (Å²) in [7, 11) is 1.49. The topological polar surface area (TPSA) is 35.5 Å². The van der Waals surface area contributed by atoms with Crippen LogP contribution in [-0.2, 0) is 14.3 Å². The Kier molecular flexibility index (Phi) is 2.31. The highest BCUT2D eigenvalue weighted by Crippen LogP contribution is 2.11. The predicted octanol–water partition coefficient (Wildman–Crippen LogP) is 1.20. The Labute approximate surface area is 59.6 Å². The lowest BCUT2D eigenvalue weighted by Gasteiger charge is -2.01. The first-order valence-corrected chi connectivity index (χ1v) is 3.28. The molecule has 0 amide bonds. The van der Waals surface area contributed by atoms with Crippen LogP contribution in [0, 0.1) is 0 Å². The molecule has 0 aromatic carbocycles. The molecule has 0 atom stereocenters. The Balaban J connectivity index is 2.54. The van der Waals surface area contributed by atoms with Crippen LogP contribution in [0.25, 0.3) is 0 Å². The standard InChI is InChI=1S/C7H10O3/c1-9-7-5-3-2-4-6(8)10-7/h5H,2-4H2,1H3. The lowest BCUT2D eigenvalue weighted by Crippen LogP contribution is -2.02. The maximum Gasteiger partial charge on any atom is 0.313 e. The van der Waals surface area contributed by atoms with Gasteiger partial charge >= 0.3 is 5.97 Å². The van der Waals surface area contributed by atoms with Crippen LogP contribution in [0.5, 0.6) is 0 Å². The second-order valence-electron chi connectivity index (χ2n) is 2.09. The fraction of sp³-hybridized carbons (Fsp3) is 0.571. The van der Waals surface area contributed by atoms with E-state index in [1.54, 1.807) is 6.08 Å². The molecule has 3 nitrogen and oxygen atoms in total. The summed E-state index contributed by atoms with van der Waals surface area (Å²) in [4.78, 5) is 10.7. The van der Waals surface area contributed by atoms with Crippen molar-refractivity contribution in [1.29, 1.82) is 0 Å². The average Bonchev–Trinajstić information content (AvgIpc) is 2.13. The summed E-state index contributed by atoms with van der Waals surface area (Å²) in [5, 5.41) is 0. The number of cyclic esters (lactones) is 1. The number of hydrogen-bond donors (Lipinski definition) is 0. The molecule has 0 aliphatic carbocycles. The monoisotopic (exact) mass is 142 g/mol. The number of methoxy groups -OCH3 is 1. The molecule has 0 radical (unpaired) electrons. The van der Waals surface area contributed by atoms with Crippen LogP contribution in [0.15, 0.2) is 12.0 Å². The summed E-state index contributed by atoms with van der Waals surface area (Å²) in [5.74, 6) is 0.133. The molecule has 3 heteroatoms. The SMILES string of the molecule is COC1=CCCCC(=O)O1. The van der Waals surface area contributed by atoms with Gasteiger partial charge in [0.05, 0.1) is 7.11 Å². The molecule has 1 aliphatic rings. The fourth-order valence-corrected chi connectivity index (χ4v) is 0.796. The second-order valence-corrected chi connectivity index (χ2v) is 2.09. The quantitative estimate of drug-likeness (QED) is 0.516. The summed E-state index contributed by atoms with van der Waals surface area (Å²) in [6.07, 6.45) is 3.98. The third-order valence-corrected chi connectivity index (χ3v) is 1.31. The number of ether oxygens (including phenoxy) is 2. The molecule has 0 aromatic rings. The van der Waals surface area contributed by atoms with Crippen molar-refractivity contribution in [2.45, 2.75) is 19.3 Å². The van der Waals surface area contributed by atoms with Gasteiger partial charge in [-0.05, 0) is 18.9 Å². The maximum atomic E-state index is 10.7. The molecule has 10 heavy (non-hydrogen) atoms. The minimum atomic E-state index is -0.203. The van der Waals surface area contributed by atoms with Crippen LogP contribution in [-0.4, -0.2) is 13.1 Å². The first-order valence-electron chi connectivity index (χ1n) is 3.28. The summed E-state index contributed by atoms with van der Waals surface area (Å²) in [5.41, 5.74) is 0. The zero-order valence-electron chi connectivity index (χ0n) is 5.92. The molecule has 0 aromatic heterocycles. The van der Waals surface area contributed by atoms with Gasteiger partial charge in [-0.3, -0.25) is 4.79 Å². The highest BCUT2D eigenvalue weighted by Gasteiger charge is 2.10. The molecule has 0 bridgehead atoms. The van der Waals surface area contributed by atoms with Gasteiger partial charge in [0.15, 0.2) is 0 Å². The smallest absolute Gasteiger partial charge is 0.313 e. The van der Waals surface area contributed by atoms with E-state index in [1.165, 1.54) is 7.11 Å². The Morgan fingerprint density at radius 1 is 1.70 bits per heavy atom. The predicted molar refractivity (Wildman–Crippen MR) is 35.0 cm³/mol. The minimum absolute atomic E-state index is 0.203. The van der Waals surface area contributed by atoms with Crippen molar-refractivity contribution in [2.75, 3.05) is 7.11 Å². The minimum Gasteiger partial charge on any atom is -0.469 e. The van der Waals surface area contributed by atoms with Gasteiger partial charge in [0.2, 0.25) is 0 Å². The van der Waals surface area contributed by atoms with Gasteiger partial charge in [-0.2, -0.15) is 0 Å². The van der Waals surface area contributed by atoms with Crippen molar-refractivity contribution >= 4 is 5.97 Å². The van der Waals surface area contributed by atoms with Gasteiger partial charge < -0.3 is 9.47 Å². The van der Waals surface area contributed by atoms with Crippen LogP contribution in [0.2, 0.25) is 0 Å². The Bertz CT molecular complexity index is 160. The third kappa shape index (κ3) is 1.76. The van der Waals surface area contributed by atoms with Crippen molar-refractivity contribution in [2.24, 2.45) is 0 Å². The third-order valence-electron chi connectivity index (χ3n) is 1.31. The Hall–Kier alpha value is -0.990. The molecule has 0 N–H and O–H groups in total. The van der Waals surface area contributed by atoms with Gasteiger partial charge in [0.25, 0.3) is 5.95 Å². The molecule has 1 heterocycles. The molecule has 56 valence electrons. The summed E-state index contributed by atoms with van der Waals surface area (Å²) in [6.45, 7) is 0. The lowest BCUT2D eigenvalue weighted by molar-refractivity contribution is -0.143. The van der Waals surface area contributed by atoms with E-state index in [0.29, 0.717) is 12.4 Å². The number of allylic oxidation sites excluding steroid dienone is 1. The number of carbonyl (C=O) groups is 1. The summed E-state index contributed by atoms with van der Waals surface area (Å²) in [6, 6.07) is 0. The van der Waals surface area contributed by atoms with E-state index in [1.807, 2.05) is 0 Å². The van der Waals surface area contributed by atoms with Crippen molar-refractivity contribution in [3.8, 4) is 0 Å². The highest BCUT2D eigenvalue weighted by molar-refractivity contribution is 5.70. The van der Waals surface area contributed by atoms with Crippen molar-refractivity contribution < 1.29 is 14.3 Å². The van der Waals surface area contributed by atoms with E-state index < -0.39 is 0 Å². The van der Waals surface area contributed by atoms with Crippen LogP contribution in [0.1, 0.15) is 19.3 Å². The van der Waals surface area contributed by atoms with Crippen molar-refractivity contribution in [1.82, 2.24) is 0 Å². The zero-order valence-corrected chi connectivity index (χ0v) is 5.92. The summed E-state index contributed by atoms with van der Waals surface area (Å²) < 4.78 is 9.52. The number of rotatable bonds is 1. The molecule has 0 unspecified atom stereocenters. The van der Waals surface area contributed by atoms with Crippen LogP contribution in [0.4, 0.5) is 0 Å². The molecular formula is C7H10O3. The van der Waals surface area contributed by atoms with E-state index >= 15 is 0 Å². The van der Waals surface area contributed by atoms with E-state index in [0.717, 1.165) is 12.8 Å². The van der Waals surface area contributed by atoms with Crippen LogP contribution < -0.4 is 0 Å². The van der Waals surface area contributed by atoms with Gasteiger partial charge in [-0.15, -0.1) is 0 Å². The molecule has 0 spiro atoms. The maximum absolute atomic E-state index is 10.7. The van der Waals surface area contributed by atoms with Crippen LogP contribution in [0.3, 0.4) is 0 Å². The number of esters is 1. The molecule has 0 fully saturated rings. The fourth-order valence-electron chi connectivity index (χ4n) is 0.796. The van der Waals surface area contributed by atoms with Gasteiger partial charge in [0, 0.05) is 6.42 Å². The Morgan fingerprint density at radius 3 is 3.20 bits per heavy atom. The highest BCUT2D eigenvalue weighted by atomic mass is 16.7. The number of carbonyl (C=O) groups excluding carboxylic acids is 1. The van der Waals surface area contributed by atoms with Crippen molar-refractivity contribution in [3.05, 3.63) is 12.0 Å². The molecule has 1 aliphatic heterocycles. The van der Waals surface area contributed by atoms with E-state index in [9.17, 15) is 4.79 Å². The van der Waals surface area contributed by atoms with Gasteiger partial charge in [0.1, 0.15) is 0 Å². The van der Waals surface area contributed by atoms with E-state index in [-0.39, 0.29) is 5.97 Å². The average molecular weight is 142 g/mol. The van der Waals surface area contributed by atoms with Crippen LogP contribution >= 0.6 is 0 Å². The summed E-state index contributed by atoms with van der Waals surface area (Å²) >= 11 is 0. The second kappa shape index (κ2) is 3.25. The molecule has 1 rings (SSSR count). The zero-order chi connectivity index (χ0) is 7.40.